The van der Waals surface area contributed by atoms with Gasteiger partial charge in [0.2, 0.25) is 0 Å². The van der Waals surface area contributed by atoms with Crippen molar-refractivity contribution in [2.45, 2.75) is 26.2 Å². The molecule has 3 rings (SSSR count). The molecule has 1 atom stereocenters. The molecule has 1 N–H and O–H groups in total. The zero-order chi connectivity index (χ0) is 17.1. The van der Waals surface area contributed by atoms with E-state index in [2.05, 4.69) is 9.97 Å². The fraction of sp³-hybridized carbons (Fsp3) is 0.333. The molecule has 1 aliphatic heterocycles. The van der Waals surface area contributed by atoms with Crippen LogP contribution >= 0.6 is 0 Å². The van der Waals surface area contributed by atoms with Gasteiger partial charge < -0.3 is 10.0 Å². The number of aliphatic carboxylic acids is 1. The number of nitrogens with zero attached hydrogens (tertiary/aromatic N) is 3. The normalized spacial score (nSPS) is 16.5. The minimum Gasteiger partial charge on any atom is -0.481 e. The maximum Gasteiger partial charge on any atom is 0.303 e. The van der Waals surface area contributed by atoms with Gasteiger partial charge in [0.15, 0.2) is 0 Å². The van der Waals surface area contributed by atoms with Crippen molar-refractivity contribution >= 4 is 17.6 Å². The largest absolute Gasteiger partial charge is 0.481 e. The number of anilines is 1. The summed E-state index contributed by atoms with van der Waals surface area (Å²) in [5, 5.41) is 8.92. The monoisotopic (exact) mass is 325 g/mol. The molecule has 124 valence electrons. The first-order chi connectivity index (χ1) is 11.5. The summed E-state index contributed by atoms with van der Waals surface area (Å²) in [4.78, 5) is 33.7. The summed E-state index contributed by atoms with van der Waals surface area (Å²) in [6.07, 6.45) is 4.51. The van der Waals surface area contributed by atoms with Crippen LogP contribution in [-0.2, 0) is 11.2 Å². The summed E-state index contributed by atoms with van der Waals surface area (Å²) in [6, 6.07) is 7.75. The second-order valence-corrected chi connectivity index (χ2v) is 6.09. The van der Waals surface area contributed by atoms with Crippen LogP contribution < -0.4 is 4.90 Å². The minimum absolute atomic E-state index is 0.110. The van der Waals surface area contributed by atoms with E-state index in [1.165, 1.54) is 6.20 Å². The van der Waals surface area contributed by atoms with E-state index >= 15 is 0 Å². The summed E-state index contributed by atoms with van der Waals surface area (Å²) in [5.41, 5.74) is 2.99. The van der Waals surface area contributed by atoms with Crippen molar-refractivity contribution in [3.8, 4) is 0 Å². The number of carboxylic acid groups (broad SMARTS) is 1. The standard InChI is InChI=1S/C18H19N3O3/c1-12-9-20-15(10-19-12)18(24)21-11-13(6-7-17(22)23)8-14-4-2-3-5-16(14)21/h2-5,9-10,13H,6-8,11H2,1H3,(H,22,23). The molecule has 0 saturated heterocycles. The lowest BCUT2D eigenvalue weighted by Crippen LogP contribution is -2.40. The van der Waals surface area contributed by atoms with E-state index < -0.39 is 5.97 Å². The number of aromatic nitrogens is 2. The third-order valence-electron chi connectivity index (χ3n) is 4.24. The van der Waals surface area contributed by atoms with Gasteiger partial charge in [0.05, 0.1) is 11.9 Å². The van der Waals surface area contributed by atoms with Crippen LogP contribution in [0.4, 0.5) is 5.69 Å². The van der Waals surface area contributed by atoms with Gasteiger partial charge in [0.1, 0.15) is 5.69 Å². The number of para-hydroxylation sites is 1. The molecule has 1 unspecified atom stereocenters. The molecule has 0 fully saturated rings. The number of rotatable bonds is 4. The molecule has 2 heterocycles. The Labute approximate surface area is 140 Å². The first-order valence-electron chi connectivity index (χ1n) is 7.95. The number of amides is 1. The molecule has 0 saturated carbocycles. The molecule has 1 aromatic carbocycles. The van der Waals surface area contributed by atoms with Crippen LogP contribution in [0.15, 0.2) is 36.7 Å². The maximum absolute atomic E-state index is 12.9. The van der Waals surface area contributed by atoms with Gasteiger partial charge in [-0.2, -0.15) is 0 Å². The van der Waals surface area contributed by atoms with Gasteiger partial charge in [-0.3, -0.25) is 14.6 Å². The molecule has 1 aliphatic rings. The Hall–Kier alpha value is -2.76. The van der Waals surface area contributed by atoms with Crippen molar-refractivity contribution in [1.82, 2.24) is 9.97 Å². The first kappa shape index (κ1) is 16.1. The molecule has 0 bridgehead atoms. The van der Waals surface area contributed by atoms with Gasteiger partial charge in [-0.05, 0) is 37.3 Å². The van der Waals surface area contributed by atoms with E-state index in [-0.39, 0.29) is 18.2 Å². The van der Waals surface area contributed by atoms with Crippen LogP contribution in [0.1, 0.15) is 34.6 Å². The van der Waals surface area contributed by atoms with Crippen molar-refractivity contribution in [3.63, 3.8) is 0 Å². The maximum atomic E-state index is 12.9. The summed E-state index contributed by atoms with van der Waals surface area (Å²) in [6.45, 7) is 2.32. The number of aryl methyl sites for hydroxylation is 1. The highest BCUT2D eigenvalue weighted by Gasteiger charge is 2.29. The molecule has 1 amide bonds. The van der Waals surface area contributed by atoms with E-state index in [0.29, 0.717) is 18.7 Å². The van der Waals surface area contributed by atoms with E-state index in [1.54, 1.807) is 11.1 Å². The summed E-state index contributed by atoms with van der Waals surface area (Å²) in [5.74, 6) is -0.885. The molecule has 2 aromatic rings. The molecular weight excluding hydrogens is 306 g/mol. The van der Waals surface area contributed by atoms with E-state index in [4.69, 9.17) is 5.11 Å². The van der Waals surface area contributed by atoms with Crippen LogP contribution in [0.2, 0.25) is 0 Å². The van der Waals surface area contributed by atoms with Crippen molar-refractivity contribution in [2.24, 2.45) is 5.92 Å². The molecule has 1 aromatic heterocycles. The van der Waals surface area contributed by atoms with Gasteiger partial charge in [-0.25, -0.2) is 4.98 Å². The molecular formula is C18H19N3O3. The van der Waals surface area contributed by atoms with Crippen molar-refractivity contribution in [2.75, 3.05) is 11.4 Å². The molecule has 6 heteroatoms. The van der Waals surface area contributed by atoms with Crippen LogP contribution in [0.5, 0.6) is 0 Å². The predicted molar refractivity (Wildman–Crippen MR) is 89.0 cm³/mol. The zero-order valence-corrected chi connectivity index (χ0v) is 13.5. The van der Waals surface area contributed by atoms with Crippen molar-refractivity contribution < 1.29 is 14.7 Å². The lowest BCUT2D eigenvalue weighted by atomic mass is 9.89. The number of fused-ring (bicyclic) bond motifs is 1. The van der Waals surface area contributed by atoms with E-state index in [0.717, 1.165) is 23.4 Å². The van der Waals surface area contributed by atoms with Gasteiger partial charge in [0.25, 0.3) is 5.91 Å². The summed E-state index contributed by atoms with van der Waals surface area (Å²) in [7, 11) is 0. The van der Waals surface area contributed by atoms with Crippen LogP contribution in [0.25, 0.3) is 0 Å². The second kappa shape index (κ2) is 6.78. The lowest BCUT2D eigenvalue weighted by molar-refractivity contribution is -0.137. The summed E-state index contributed by atoms with van der Waals surface area (Å²) < 4.78 is 0. The van der Waals surface area contributed by atoms with Gasteiger partial charge in [0, 0.05) is 24.8 Å². The van der Waals surface area contributed by atoms with E-state index in [9.17, 15) is 9.59 Å². The lowest BCUT2D eigenvalue weighted by Gasteiger charge is -2.34. The van der Waals surface area contributed by atoms with Gasteiger partial charge in [-0.15, -0.1) is 0 Å². The van der Waals surface area contributed by atoms with Crippen LogP contribution in [-0.4, -0.2) is 33.5 Å². The van der Waals surface area contributed by atoms with Crippen molar-refractivity contribution in [3.05, 3.63) is 53.6 Å². The number of benzene rings is 1. The SMILES string of the molecule is Cc1cnc(C(=O)N2CC(CCC(=O)O)Cc3ccccc32)cn1. The van der Waals surface area contributed by atoms with Gasteiger partial charge in [-0.1, -0.05) is 18.2 Å². The number of carbonyl (C=O) groups is 2. The molecule has 0 radical (unpaired) electrons. The summed E-state index contributed by atoms with van der Waals surface area (Å²) >= 11 is 0. The number of hydrogen-bond acceptors (Lipinski definition) is 4. The van der Waals surface area contributed by atoms with Crippen LogP contribution in [0.3, 0.4) is 0 Å². The van der Waals surface area contributed by atoms with Crippen LogP contribution in [0, 0.1) is 12.8 Å². The Morgan fingerprint density at radius 2 is 2.04 bits per heavy atom. The van der Waals surface area contributed by atoms with Gasteiger partial charge >= 0.3 is 5.97 Å². The zero-order valence-electron chi connectivity index (χ0n) is 13.5. The predicted octanol–water partition coefficient (Wildman–Crippen LogP) is 2.47. The smallest absolute Gasteiger partial charge is 0.303 e. The molecule has 24 heavy (non-hydrogen) atoms. The molecule has 6 nitrogen and oxygen atoms in total. The average molecular weight is 325 g/mol. The topological polar surface area (TPSA) is 83.4 Å². The second-order valence-electron chi connectivity index (χ2n) is 6.09. The fourth-order valence-corrected chi connectivity index (χ4v) is 3.03. The third-order valence-corrected chi connectivity index (χ3v) is 4.24. The third kappa shape index (κ3) is 3.42. The average Bonchev–Trinajstić information content (AvgIpc) is 2.59. The highest BCUT2D eigenvalue weighted by molar-refractivity contribution is 6.05. The number of carbonyl (C=O) groups excluding carboxylic acids is 1. The number of hydrogen-bond donors (Lipinski definition) is 1. The molecule has 0 aliphatic carbocycles. The first-order valence-corrected chi connectivity index (χ1v) is 7.95. The van der Waals surface area contributed by atoms with E-state index in [1.807, 2.05) is 31.2 Å². The molecule has 0 spiro atoms. The highest BCUT2D eigenvalue weighted by Crippen LogP contribution is 2.32. The quantitative estimate of drug-likeness (QED) is 0.933. The fourth-order valence-electron chi connectivity index (χ4n) is 3.03. The van der Waals surface area contributed by atoms with Crippen molar-refractivity contribution in [1.29, 1.82) is 0 Å². The minimum atomic E-state index is -0.809. The Morgan fingerprint density at radius 3 is 2.75 bits per heavy atom. The Morgan fingerprint density at radius 1 is 1.25 bits per heavy atom. The Balaban J connectivity index is 1.88. The number of carboxylic acids is 1. The highest BCUT2D eigenvalue weighted by atomic mass is 16.4. The Kier molecular flexibility index (Phi) is 4.55. The Bertz CT molecular complexity index is 758.